The Morgan fingerprint density at radius 3 is 2.50 bits per heavy atom. The number of carbonyl (C=O) groups excluding carboxylic acids is 2. The molecule has 4 aromatic rings. The van der Waals surface area contributed by atoms with E-state index < -0.39 is 17.7 Å². The lowest BCUT2D eigenvalue weighted by atomic mass is 9.94. The normalized spacial score (nSPS) is 19.6. The van der Waals surface area contributed by atoms with Crippen molar-refractivity contribution in [2.24, 2.45) is 0 Å². The highest BCUT2D eigenvalue weighted by Crippen LogP contribution is 2.45. The molecule has 3 aromatic carbocycles. The summed E-state index contributed by atoms with van der Waals surface area (Å²) in [4.78, 5) is 33.3. The van der Waals surface area contributed by atoms with E-state index in [1.807, 2.05) is 45.0 Å². The molecule has 0 radical (unpaired) electrons. The molecule has 0 bridgehead atoms. The van der Waals surface area contributed by atoms with Crippen molar-refractivity contribution in [1.82, 2.24) is 4.98 Å². The molecule has 0 unspecified atom stereocenters. The van der Waals surface area contributed by atoms with Crippen LogP contribution in [0, 0.1) is 0 Å². The van der Waals surface area contributed by atoms with Gasteiger partial charge in [-0.15, -0.1) is 0 Å². The van der Waals surface area contributed by atoms with Crippen LogP contribution >= 0.6 is 11.3 Å². The van der Waals surface area contributed by atoms with Crippen LogP contribution in [0.5, 0.6) is 17.2 Å². The Morgan fingerprint density at radius 2 is 1.75 bits per heavy atom. The van der Waals surface area contributed by atoms with E-state index in [-0.39, 0.29) is 17.4 Å². The number of hydrogen-bond acceptors (Lipinski definition) is 8. The molecule has 9 heteroatoms. The zero-order chi connectivity index (χ0) is 28.0. The van der Waals surface area contributed by atoms with Gasteiger partial charge in [-0.05, 0) is 80.4 Å². The zero-order valence-electron chi connectivity index (χ0n) is 22.3. The SMILES string of the molecule is CCOc1ccc([C@H]2/C(=C(\O)c3ccc4c(c3)C[C@H](C)O4)C(=O)C(=O)N2c2nc3ccc(OCC)cc3s2)cc1. The highest BCUT2D eigenvalue weighted by molar-refractivity contribution is 7.22. The summed E-state index contributed by atoms with van der Waals surface area (Å²) < 4.78 is 17.8. The standard InChI is InChI=1S/C31H28N2O6S/c1-4-37-21-9-6-18(7-10-21)27-26(28(34)19-8-13-24-20(15-19)14-17(3)39-24)29(35)30(36)33(27)31-32-23-12-11-22(38-5-2)16-25(23)40-31/h6-13,15-17,27,34H,4-5,14H2,1-3H3/b28-26+/t17-,27-/m0/s1. The molecular formula is C31H28N2O6S. The maximum Gasteiger partial charge on any atom is 0.301 e. The third-order valence-electron chi connectivity index (χ3n) is 6.99. The Bertz CT molecular complexity index is 1660. The second kappa shape index (κ2) is 10.3. The number of ketones is 1. The van der Waals surface area contributed by atoms with Crippen molar-refractivity contribution in [3.05, 3.63) is 82.9 Å². The molecule has 2 aliphatic heterocycles. The first kappa shape index (κ1) is 25.9. The number of Topliss-reactive ketones (excluding diaryl/α,β-unsaturated/α-hetero) is 1. The fraction of sp³-hybridized carbons (Fsp3) is 0.258. The van der Waals surface area contributed by atoms with E-state index in [1.165, 1.54) is 16.2 Å². The highest BCUT2D eigenvalue weighted by Gasteiger charge is 2.48. The molecule has 2 aliphatic rings. The molecular weight excluding hydrogens is 528 g/mol. The van der Waals surface area contributed by atoms with Crippen molar-refractivity contribution in [2.45, 2.75) is 39.3 Å². The van der Waals surface area contributed by atoms with Crippen molar-refractivity contribution >= 4 is 44.1 Å². The average molecular weight is 557 g/mol. The average Bonchev–Trinajstić information content (AvgIpc) is 3.61. The first-order chi connectivity index (χ1) is 19.4. The van der Waals surface area contributed by atoms with Crippen molar-refractivity contribution in [1.29, 1.82) is 0 Å². The number of nitrogens with zero attached hydrogens (tertiary/aromatic N) is 2. The molecule has 6 rings (SSSR count). The molecule has 1 amide bonds. The van der Waals surface area contributed by atoms with Crippen LogP contribution in [0.25, 0.3) is 16.0 Å². The first-order valence-electron chi connectivity index (χ1n) is 13.2. The number of carbonyl (C=O) groups is 2. The number of aliphatic hydroxyl groups is 1. The van der Waals surface area contributed by atoms with Crippen molar-refractivity contribution < 1.29 is 28.9 Å². The van der Waals surface area contributed by atoms with Gasteiger partial charge in [0, 0.05) is 12.0 Å². The number of ether oxygens (including phenoxy) is 3. The van der Waals surface area contributed by atoms with Crippen LogP contribution < -0.4 is 19.1 Å². The Hall–Kier alpha value is -4.37. The fourth-order valence-corrected chi connectivity index (χ4v) is 6.26. The Kier molecular flexibility index (Phi) is 6.67. The van der Waals surface area contributed by atoms with Gasteiger partial charge in [0.15, 0.2) is 5.13 Å². The molecule has 3 heterocycles. The number of hydrogen-bond donors (Lipinski definition) is 1. The lowest BCUT2D eigenvalue weighted by Crippen LogP contribution is -2.29. The van der Waals surface area contributed by atoms with Crippen molar-refractivity contribution in [3.63, 3.8) is 0 Å². The van der Waals surface area contributed by atoms with Gasteiger partial charge in [-0.25, -0.2) is 4.98 Å². The van der Waals surface area contributed by atoms with Gasteiger partial charge in [0.1, 0.15) is 29.1 Å². The molecule has 1 saturated heterocycles. The van der Waals surface area contributed by atoms with E-state index >= 15 is 0 Å². The lowest BCUT2D eigenvalue weighted by Gasteiger charge is -2.23. The van der Waals surface area contributed by atoms with Crippen molar-refractivity contribution in [3.8, 4) is 17.2 Å². The number of fused-ring (bicyclic) bond motifs is 2. The summed E-state index contributed by atoms with van der Waals surface area (Å²) in [7, 11) is 0. The van der Waals surface area contributed by atoms with Crippen LogP contribution in [0.2, 0.25) is 0 Å². The molecule has 1 fully saturated rings. The van der Waals surface area contributed by atoms with Gasteiger partial charge < -0.3 is 19.3 Å². The third-order valence-corrected chi connectivity index (χ3v) is 8.00. The summed E-state index contributed by atoms with van der Waals surface area (Å²) in [5.41, 5.74) is 2.74. The minimum absolute atomic E-state index is 0.00957. The quantitative estimate of drug-likeness (QED) is 0.168. The summed E-state index contributed by atoms with van der Waals surface area (Å²) in [6.45, 7) is 6.82. The van der Waals surface area contributed by atoms with E-state index in [9.17, 15) is 14.7 Å². The van der Waals surface area contributed by atoms with Crippen molar-refractivity contribution in [2.75, 3.05) is 18.1 Å². The zero-order valence-corrected chi connectivity index (χ0v) is 23.2. The molecule has 0 saturated carbocycles. The number of benzene rings is 3. The van der Waals surface area contributed by atoms with Crippen LogP contribution in [0.15, 0.2) is 66.2 Å². The van der Waals surface area contributed by atoms with Gasteiger partial charge in [-0.2, -0.15) is 0 Å². The molecule has 8 nitrogen and oxygen atoms in total. The minimum atomic E-state index is -0.883. The number of amides is 1. The van der Waals surface area contributed by atoms with Gasteiger partial charge in [-0.3, -0.25) is 14.5 Å². The van der Waals surface area contributed by atoms with Gasteiger partial charge in [0.25, 0.3) is 5.78 Å². The lowest BCUT2D eigenvalue weighted by molar-refractivity contribution is -0.132. The van der Waals surface area contributed by atoms with E-state index in [4.69, 9.17) is 19.2 Å². The van der Waals surface area contributed by atoms with Gasteiger partial charge in [0.05, 0.1) is 35.0 Å². The molecule has 40 heavy (non-hydrogen) atoms. The largest absolute Gasteiger partial charge is 0.507 e. The molecule has 204 valence electrons. The molecule has 2 atom stereocenters. The highest BCUT2D eigenvalue weighted by atomic mass is 32.1. The van der Waals surface area contributed by atoms with Crippen LogP contribution in [-0.2, 0) is 16.0 Å². The predicted molar refractivity (Wildman–Crippen MR) is 153 cm³/mol. The van der Waals surface area contributed by atoms with Crippen LogP contribution in [0.1, 0.15) is 43.5 Å². The monoisotopic (exact) mass is 556 g/mol. The molecule has 1 aromatic heterocycles. The maximum atomic E-state index is 13.6. The van der Waals surface area contributed by atoms with Gasteiger partial charge >= 0.3 is 5.91 Å². The minimum Gasteiger partial charge on any atom is -0.507 e. The van der Waals surface area contributed by atoms with Gasteiger partial charge in [0.2, 0.25) is 0 Å². The van der Waals surface area contributed by atoms with E-state index in [2.05, 4.69) is 0 Å². The second-order valence-electron chi connectivity index (χ2n) is 9.69. The number of rotatable bonds is 7. The summed E-state index contributed by atoms with van der Waals surface area (Å²) in [6.07, 6.45) is 0.729. The van der Waals surface area contributed by atoms with Gasteiger partial charge in [-0.1, -0.05) is 23.5 Å². The van der Waals surface area contributed by atoms with Crippen LogP contribution in [0.4, 0.5) is 5.13 Å². The fourth-order valence-electron chi connectivity index (χ4n) is 5.24. The Labute approximate surface area is 235 Å². The Morgan fingerprint density at radius 1 is 1.02 bits per heavy atom. The smallest absolute Gasteiger partial charge is 0.301 e. The Balaban J connectivity index is 1.49. The predicted octanol–water partition coefficient (Wildman–Crippen LogP) is 6.04. The maximum absolute atomic E-state index is 13.6. The summed E-state index contributed by atoms with van der Waals surface area (Å²) in [5.74, 6) is 0.373. The number of thiazole rings is 1. The summed E-state index contributed by atoms with van der Waals surface area (Å²) in [6, 6.07) is 17.2. The van der Waals surface area contributed by atoms with E-state index in [0.29, 0.717) is 52.9 Å². The number of anilines is 1. The summed E-state index contributed by atoms with van der Waals surface area (Å²) >= 11 is 1.29. The second-order valence-corrected chi connectivity index (χ2v) is 10.7. The third kappa shape index (κ3) is 4.46. The molecule has 1 N–H and O–H groups in total. The van der Waals surface area contributed by atoms with Crippen LogP contribution in [-0.4, -0.2) is 41.1 Å². The molecule has 0 aliphatic carbocycles. The van der Waals surface area contributed by atoms with Crippen LogP contribution in [0.3, 0.4) is 0 Å². The van der Waals surface area contributed by atoms with E-state index in [0.717, 1.165) is 16.0 Å². The van der Waals surface area contributed by atoms with E-state index in [1.54, 1.807) is 36.4 Å². The number of aliphatic hydroxyl groups excluding tert-OH is 1. The first-order valence-corrected chi connectivity index (χ1v) is 14.1. The number of aromatic nitrogens is 1. The summed E-state index contributed by atoms with van der Waals surface area (Å²) in [5, 5.41) is 11.9. The molecule has 0 spiro atoms. The topological polar surface area (TPSA) is 98.2 Å².